The number of fused-ring (bicyclic) bond motifs is 1. The van der Waals surface area contributed by atoms with Crippen LogP contribution in [0.1, 0.15) is 43.2 Å². The molecule has 0 unspecified atom stereocenters. The maximum absolute atomic E-state index is 9.14. The SMILES string of the molecule is CC(C)Nc1cc(-c2ccc3cc(C#N)cnn23)ncc1-c1nnc(C2CC3(COC3)C2)s1. The van der Waals surface area contributed by atoms with Gasteiger partial charge in [0, 0.05) is 29.3 Å². The van der Waals surface area contributed by atoms with Gasteiger partial charge in [-0.25, -0.2) is 4.52 Å². The van der Waals surface area contributed by atoms with Crippen molar-refractivity contribution in [3.8, 4) is 28.0 Å². The van der Waals surface area contributed by atoms with Crippen LogP contribution < -0.4 is 5.32 Å². The van der Waals surface area contributed by atoms with Gasteiger partial charge in [-0.05, 0) is 51.0 Å². The molecule has 4 aromatic rings. The summed E-state index contributed by atoms with van der Waals surface area (Å²) in [6.45, 7) is 6.01. The minimum Gasteiger partial charge on any atom is -0.382 e. The number of hydrogen-bond acceptors (Lipinski definition) is 8. The van der Waals surface area contributed by atoms with Gasteiger partial charge in [0.25, 0.3) is 0 Å². The highest BCUT2D eigenvalue weighted by molar-refractivity contribution is 7.14. The van der Waals surface area contributed by atoms with Crippen molar-refractivity contribution in [2.75, 3.05) is 18.5 Å². The largest absolute Gasteiger partial charge is 0.382 e. The molecule has 9 heteroatoms. The average molecular weight is 458 g/mol. The normalized spacial score (nSPS) is 17.2. The molecule has 1 spiro atoms. The summed E-state index contributed by atoms with van der Waals surface area (Å²) >= 11 is 1.67. The van der Waals surface area contributed by atoms with E-state index in [4.69, 9.17) is 15.0 Å². The number of pyridine rings is 1. The predicted octanol–water partition coefficient (Wildman–Crippen LogP) is 4.50. The Hall–Kier alpha value is -3.35. The topological polar surface area (TPSA) is 101 Å². The first-order valence-electron chi connectivity index (χ1n) is 11.1. The highest BCUT2D eigenvalue weighted by Crippen LogP contribution is 2.55. The maximum atomic E-state index is 9.14. The lowest BCUT2D eigenvalue weighted by Crippen LogP contribution is -2.51. The lowest BCUT2D eigenvalue weighted by Gasteiger charge is -2.52. The molecule has 0 radical (unpaired) electrons. The number of anilines is 1. The summed E-state index contributed by atoms with van der Waals surface area (Å²) in [5, 5.41) is 28.1. The van der Waals surface area contributed by atoms with Crippen LogP contribution in [0.4, 0.5) is 5.69 Å². The molecule has 1 saturated heterocycles. The van der Waals surface area contributed by atoms with Crippen LogP contribution in [0.3, 0.4) is 0 Å². The molecule has 0 bridgehead atoms. The quantitative estimate of drug-likeness (QED) is 0.471. The first-order valence-corrected chi connectivity index (χ1v) is 11.9. The zero-order valence-electron chi connectivity index (χ0n) is 18.4. The number of nitriles is 1. The number of ether oxygens (including phenoxy) is 1. The van der Waals surface area contributed by atoms with Gasteiger partial charge in [0.05, 0.1) is 47.4 Å². The fourth-order valence-corrected chi connectivity index (χ4v) is 5.71. The van der Waals surface area contributed by atoms with E-state index in [0.717, 1.165) is 64.2 Å². The lowest BCUT2D eigenvalue weighted by atomic mass is 9.61. The molecule has 1 aliphatic carbocycles. The van der Waals surface area contributed by atoms with Gasteiger partial charge in [-0.15, -0.1) is 10.2 Å². The monoisotopic (exact) mass is 457 g/mol. The minimum absolute atomic E-state index is 0.247. The van der Waals surface area contributed by atoms with Crippen molar-refractivity contribution in [3.63, 3.8) is 0 Å². The second-order valence-electron chi connectivity index (χ2n) is 9.37. The zero-order chi connectivity index (χ0) is 22.6. The van der Waals surface area contributed by atoms with Crippen molar-refractivity contribution in [1.29, 1.82) is 5.26 Å². The fourth-order valence-electron chi connectivity index (χ4n) is 4.75. The Morgan fingerprint density at radius 1 is 1.21 bits per heavy atom. The first kappa shape index (κ1) is 20.3. The van der Waals surface area contributed by atoms with E-state index < -0.39 is 0 Å². The Balaban J connectivity index is 1.34. The van der Waals surface area contributed by atoms with Crippen LogP contribution in [0.2, 0.25) is 0 Å². The molecule has 33 heavy (non-hydrogen) atoms. The smallest absolute Gasteiger partial charge is 0.151 e. The van der Waals surface area contributed by atoms with E-state index in [9.17, 15) is 0 Å². The molecule has 8 nitrogen and oxygen atoms in total. The maximum Gasteiger partial charge on any atom is 0.151 e. The van der Waals surface area contributed by atoms with E-state index >= 15 is 0 Å². The Labute approximate surface area is 195 Å². The highest BCUT2D eigenvalue weighted by atomic mass is 32.1. The van der Waals surface area contributed by atoms with Gasteiger partial charge >= 0.3 is 0 Å². The summed E-state index contributed by atoms with van der Waals surface area (Å²) in [4.78, 5) is 4.75. The second-order valence-corrected chi connectivity index (χ2v) is 10.4. The number of hydrogen-bond donors (Lipinski definition) is 1. The van der Waals surface area contributed by atoms with Crippen molar-refractivity contribution in [1.82, 2.24) is 24.8 Å². The van der Waals surface area contributed by atoms with Crippen molar-refractivity contribution >= 4 is 22.5 Å². The summed E-state index contributed by atoms with van der Waals surface area (Å²) in [5.41, 5.74) is 5.40. The third kappa shape index (κ3) is 3.46. The molecule has 1 aliphatic heterocycles. The second kappa shape index (κ2) is 7.61. The van der Waals surface area contributed by atoms with Crippen LogP contribution in [0.5, 0.6) is 0 Å². The van der Waals surface area contributed by atoms with Crippen LogP contribution in [-0.2, 0) is 4.74 Å². The third-order valence-electron chi connectivity index (χ3n) is 6.44. The summed E-state index contributed by atoms with van der Waals surface area (Å²) < 4.78 is 7.21. The first-order chi connectivity index (χ1) is 16.0. The predicted molar refractivity (Wildman–Crippen MR) is 126 cm³/mol. The Kier molecular flexibility index (Phi) is 4.67. The molecule has 0 aromatic carbocycles. The molecule has 2 fully saturated rings. The molecule has 1 saturated carbocycles. The van der Waals surface area contributed by atoms with E-state index in [1.165, 1.54) is 0 Å². The number of rotatable bonds is 5. The van der Waals surface area contributed by atoms with Crippen LogP contribution >= 0.6 is 11.3 Å². The minimum atomic E-state index is 0.247. The van der Waals surface area contributed by atoms with Crippen LogP contribution in [0, 0.1) is 16.7 Å². The molecular formula is C24H23N7OS. The molecule has 4 aromatic heterocycles. The van der Waals surface area contributed by atoms with Crippen LogP contribution in [-0.4, -0.2) is 44.1 Å². The van der Waals surface area contributed by atoms with E-state index in [-0.39, 0.29) is 6.04 Å². The molecule has 6 rings (SSSR count). The van der Waals surface area contributed by atoms with Crippen molar-refractivity contribution in [2.45, 2.75) is 38.6 Å². The Morgan fingerprint density at radius 2 is 2.06 bits per heavy atom. The van der Waals surface area contributed by atoms with Gasteiger partial charge in [-0.1, -0.05) is 11.3 Å². The Bertz CT molecular complexity index is 1390. The van der Waals surface area contributed by atoms with Crippen molar-refractivity contribution in [2.24, 2.45) is 5.41 Å². The molecule has 5 heterocycles. The van der Waals surface area contributed by atoms with E-state index in [2.05, 4.69) is 40.5 Å². The average Bonchev–Trinajstić information content (AvgIpc) is 3.38. The number of nitrogens with one attached hydrogen (secondary N) is 1. The fraction of sp³-hybridized carbons (Fsp3) is 0.375. The van der Waals surface area contributed by atoms with Gasteiger partial charge in [0.1, 0.15) is 11.1 Å². The van der Waals surface area contributed by atoms with Crippen LogP contribution in [0.25, 0.3) is 27.5 Å². The van der Waals surface area contributed by atoms with Crippen LogP contribution in [0.15, 0.2) is 36.7 Å². The van der Waals surface area contributed by atoms with Gasteiger partial charge in [-0.3, -0.25) is 4.98 Å². The molecule has 1 N–H and O–H groups in total. The van der Waals surface area contributed by atoms with Crippen molar-refractivity contribution in [3.05, 3.63) is 47.2 Å². The molecular weight excluding hydrogens is 434 g/mol. The lowest BCUT2D eigenvalue weighted by molar-refractivity contribution is -0.164. The molecule has 166 valence electrons. The Morgan fingerprint density at radius 3 is 2.79 bits per heavy atom. The molecule has 0 atom stereocenters. The number of aromatic nitrogens is 5. The van der Waals surface area contributed by atoms with Gasteiger partial charge in [0.15, 0.2) is 5.01 Å². The highest BCUT2D eigenvalue weighted by Gasteiger charge is 2.51. The summed E-state index contributed by atoms with van der Waals surface area (Å²) in [5.74, 6) is 0.491. The standard InChI is InChI=1S/C24H23N7OS/c1-14(2)28-19-6-20(21-4-3-17-5-15(9-25)10-27-31(17)21)26-11-18(19)23-30-29-22(33-23)16-7-24(8-16)12-32-13-24/h3-6,10-11,14,16H,7-8,12-13H2,1-2H3,(H,26,28). The third-order valence-corrected chi connectivity index (χ3v) is 7.55. The molecule has 2 aliphatic rings. The van der Waals surface area contributed by atoms with Gasteiger partial charge < -0.3 is 10.1 Å². The summed E-state index contributed by atoms with van der Waals surface area (Å²) in [6, 6.07) is 10.2. The van der Waals surface area contributed by atoms with Gasteiger partial charge in [-0.2, -0.15) is 10.4 Å². The molecule has 0 amide bonds. The van der Waals surface area contributed by atoms with Gasteiger partial charge in [0.2, 0.25) is 0 Å². The van der Waals surface area contributed by atoms with Crippen molar-refractivity contribution < 1.29 is 4.74 Å². The van der Waals surface area contributed by atoms with E-state index in [1.54, 1.807) is 17.5 Å². The summed E-state index contributed by atoms with van der Waals surface area (Å²) in [7, 11) is 0. The zero-order valence-corrected chi connectivity index (χ0v) is 19.3. The summed E-state index contributed by atoms with van der Waals surface area (Å²) in [6.07, 6.45) is 5.74. The van der Waals surface area contributed by atoms with E-state index in [1.807, 2.05) is 35.0 Å². The number of nitrogens with zero attached hydrogens (tertiary/aromatic N) is 6. The van der Waals surface area contributed by atoms with E-state index in [0.29, 0.717) is 16.9 Å².